The Labute approximate surface area is 123 Å². The molecule has 0 amide bonds. The number of phenolic OH excluding ortho intramolecular Hbond substituents is 1. The summed E-state index contributed by atoms with van der Waals surface area (Å²) in [6.07, 6.45) is 0.722. The van der Waals surface area contributed by atoms with Crippen LogP contribution in [0.15, 0.2) is 47.4 Å². The van der Waals surface area contributed by atoms with E-state index in [0.29, 0.717) is 17.9 Å². The molecule has 0 bridgehead atoms. The fourth-order valence-corrected chi connectivity index (χ4v) is 2.49. The third-order valence-corrected chi connectivity index (χ3v) is 3.83. The van der Waals surface area contributed by atoms with Gasteiger partial charge in [-0.05, 0) is 42.3 Å². The molecule has 2 aromatic carbocycles. The van der Waals surface area contributed by atoms with Crippen molar-refractivity contribution in [3.05, 3.63) is 48.0 Å². The van der Waals surface area contributed by atoms with Crippen molar-refractivity contribution < 1.29 is 13.5 Å². The van der Waals surface area contributed by atoms with Crippen molar-refractivity contribution in [2.24, 2.45) is 5.14 Å². The first kappa shape index (κ1) is 15.1. The van der Waals surface area contributed by atoms with Gasteiger partial charge in [-0.25, -0.2) is 13.6 Å². The molecule has 0 atom stereocenters. The van der Waals surface area contributed by atoms with Gasteiger partial charge >= 0.3 is 0 Å². The second-order valence-electron chi connectivity index (χ2n) is 4.68. The quantitative estimate of drug-likeness (QED) is 0.620. The molecule has 0 aromatic heterocycles. The number of hydrogen-bond acceptors (Lipinski definition) is 5. The third-order valence-electron chi connectivity index (χ3n) is 2.94. The Morgan fingerprint density at radius 2 is 1.76 bits per heavy atom. The van der Waals surface area contributed by atoms with E-state index in [1.807, 2.05) is 12.1 Å². The molecule has 0 unspecified atom stereocenters. The Hall–Kier alpha value is -2.25. The fourth-order valence-electron chi connectivity index (χ4n) is 1.90. The number of phenols is 1. The van der Waals surface area contributed by atoms with Gasteiger partial charge in [-0.3, -0.25) is 0 Å². The molecule has 0 aliphatic rings. The lowest BCUT2D eigenvalue weighted by Gasteiger charge is -2.09. The van der Waals surface area contributed by atoms with Crippen molar-refractivity contribution >= 4 is 21.4 Å². The molecule has 0 aliphatic carbocycles. The van der Waals surface area contributed by atoms with Crippen LogP contribution in [-0.4, -0.2) is 20.1 Å². The number of nitrogens with one attached hydrogen (secondary N) is 1. The van der Waals surface area contributed by atoms with Crippen LogP contribution in [0.3, 0.4) is 0 Å². The first-order valence-corrected chi connectivity index (χ1v) is 7.84. The van der Waals surface area contributed by atoms with Crippen LogP contribution in [0, 0.1) is 0 Å². The number of nitrogen functional groups attached to an aromatic ring is 1. The smallest absolute Gasteiger partial charge is 0.238 e. The van der Waals surface area contributed by atoms with Gasteiger partial charge in [0.15, 0.2) is 0 Å². The maximum Gasteiger partial charge on any atom is 0.238 e. The van der Waals surface area contributed by atoms with Crippen LogP contribution in [0.2, 0.25) is 0 Å². The van der Waals surface area contributed by atoms with Crippen LogP contribution >= 0.6 is 0 Å². The van der Waals surface area contributed by atoms with Gasteiger partial charge in [0.25, 0.3) is 0 Å². The lowest BCUT2D eigenvalue weighted by atomic mass is 10.1. The van der Waals surface area contributed by atoms with Gasteiger partial charge in [-0.1, -0.05) is 12.1 Å². The first-order valence-electron chi connectivity index (χ1n) is 6.30. The minimum Gasteiger partial charge on any atom is -0.508 e. The summed E-state index contributed by atoms with van der Waals surface area (Å²) in [5, 5.41) is 17.4. The maximum atomic E-state index is 11.3. The lowest BCUT2D eigenvalue weighted by molar-refractivity contribution is 0.475. The highest BCUT2D eigenvalue weighted by atomic mass is 32.2. The highest BCUT2D eigenvalue weighted by Gasteiger charge is 2.09. The number of benzene rings is 2. The summed E-state index contributed by atoms with van der Waals surface area (Å²) in [5.74, 6) is 0.223. The van der Waals surface area contributed by atoms with E-state index in [1.54, 1.807) is 18.2 Å². The minimum absolute atomic E-state index is 0.0189. The Morgan fingerprint density at radius 3 is 2.38 bits per heavy atom. The van der Waals surface area contributed by atoms with E-state index in [1.165, 1.54) is 12.1 Å². The molecule has 0 spiro atoms. The molecular weight excluding hydrogens is 290 g/mol. The van der Waals surface area contributed by atoms with E-state index in [4.69, 9.17) is 10.9 Å². The van der Waals surface area contributed by atoms with Crippen molar-refractivity contribution in [3.8, 4) is 5.75 Å². The zero-order valence-electron chi connectivity index (χ0n) is 11.3. The Balaban J connectivity index is 2.03. The zero-order valence-corrected chi connectivity index (χ0v) is 12.1. The van der Waals surface area contributed by atoms with Crippen LogP contribution in [0.25, 0.3) is 0 Å². The average Bonchev–Trinajstić information content (AvgIpc) is 2.39. The molecule has 0 aliphatic heterocycles. The number of sulfonamides is 1. The van der Waals surface area contributed by atoms with Crippen LogP contribution in [-0.2, 0) is 16.4 Å². The van der Waals surface area contributed by atoms with E-state index in [2.05, 4.69) is 5.32 Å². The van der Waals surface area contributed by atoms with Crippen molar-refractivity contribution in [1.82, 2.24) is 0 Å². The number of rotatable bonds is 5. The van der Waals surface area contributed by atoms with Gasteiger partial charge < -0.3 is 16.2 Å². The summed E-state index contributed by atoms with van der Waals surface area (Å²) >= 11 is 0. The lowest BCUT2D eigenvalue weighted by Crippen LogP contribution is -2.13. The summed E-state index contributed by atoms with van der Waals surface area (Å²) in [4.78, 5) is -0.0189. The van der Waals surface area contributed by atoms with Gasteiger partial charge in [0.2, 0.25) is 10.0 Å². The Morgan fingerprint density at radius 1 is 1.10 bits per heavy atom. The molecule has 7 heteroatoms. The second-order valence-corrected chi connectivity index (χ2v) is 6.24. The predicted molar refractivity (Wildman–Crippen MR) is 82.5 cm³/mol. The van der Waals surface area contributed by atoms with Crippen LogP contribution in [0.1, 0.15) is 5.56 Å². The van der Waals surface area contributed by atoms with Gasteiger partial charge in [-0.15, -0.1) is 0 Å². The Kier molecular flexibility index (Phi) is 4.35. The molecule has 0 heterocycles. The zero-order chi connectivity index (χ0) is 15.5. The standard InChI is InChI=1S/C14H17N3O3S/c15-11-7-12(9-14(8-11)21(16,19)20)17-6-5-10-1-3-13(18)4-2-10/h1-4,7-9,17-18H,5-6,15H2,(H2,16,19,20). The van der Waals surface area contributed by atoms with Gasteiger partial charge in [0.05, 0.1) is 4.90 Å². The number of aromatic hydroxyl groups is 1. The first-order chi connectivity index (χ1) is 9.84. The molecular formula is C14H17N3O3S. The number of hydrogen-bond donors (Lipinski definition) is 4. The van der Waals surface area contributed by atoms with E-state index in [-0.39, 0.29) is 10.6 Å². The Bertz CT molecular complexity index is 728. The SMILES string of the molecule is Nc1cc(NCCc2ccc(O)cc2)cc(S(N)(=O)=O)c1. The highest BCUT2D eigenvalue weighted by molar-refractivity contribution is 7.89. The van der Waals surface area contributed by atoms with Gasteiger partial charge in [-0.2, -0.15) is 0 Å². The topological polar surface area (TPSA) is 118 Å². The normalized spacial score (nSPS) is 11.3. The molecule has 0 saturated carbocycles. The van der Waals surface area contributed by atoms with Crippen molar-refractivity contribution in [2.75, 3.05) is 17.6 Å². The molecule has 0 saturated heterocycles. The molecule has 0 fully saturated rings. The number of anilines is 2. The summed E-state index contributed by atoms with van der Waals surface area (Å²) < 4.78 is 22.7. The molecule has 112 valence electrons. The molecule has 2 aromatic rings. The molecule has 21 heavy (non-hydrogen) atoms. The van der Waals surface area contributed by atoms with E-state index < -0.39 is 10.0 Å². The van der Waals surface area contributed by atoms with Crippen molar-refractivity contribution in [2.45, 2.75) is 11.3 Å². The maximum absolute atomic E-state index is 11.3. The fraction of sp³-hybridized carbons (Fsp3) is 0.143. The van der Waals surface area contributed by atoms with Gasteiger partial charge in [0.1, 0.15) is 5.75 Å². The van der Waals surface area contributed by atoms with Crippen LogP contribution in [0.4, 0.5) is 11.4 Å². The van der Waals surface area contributed by atoms with E-state index >= 15 is 0 Å². The highest BCUT2D eigenvalue weighted by Crippen LogP contribution is 2.19. The molecule has 6 nitrogen and oxygen atoms in total. The van der Waals surface area contributed by atoms with Crippen molar-refractivity contribution in [1.29, 1.82) is 0 Å². The number of nitrogens with two attached hydrogens (primary N) is 2. The summed E-state index contributed by atoms with van der Waals surface area (Å²) in [7, 11) is -3.78. The van der Waals surface area contributed by atoms with E-state index in [9.17, 15) is 13.5 Å². The third kappa shape index (κ3) is 4.37. The molecule has 2 rings (SSSR count). The van der Waals surface area contributed by atoms with Crippen LogP contribution in [0.5, 0.6) is 5.75 Å². The number of primary sulfonamides is 1. The molecule has 6 N–H and O–H groups in total. The summed E-state index contributed by atoms with van der Waals surface area (Å²) in [5.41, 5.74) is 7.64. The second kappa shape index (κ2) is 6.02. The summed E-state index contributed by atoms with van der Waals surface area (Å²) in [6.45, 7) is 0.596. The van der Waals surface area contributed by atoms with Crippen molar-refractivity contribution in [3.63, 3.8) is 0 Å². The molecule has 0 radical (unpaired) electrons. The average molecular weight is 307 g/mol. The summed E-state index contributed by atoms with van der Waals surface area (Å²) in [6, 6.07) is 11.3. The van der Waals surface area contributed by atoms with Crippen LogP contribution < -0.4 is 16.2 Å². The largest absolute Gasteiger partial charge is 0.508 e. The minimum atomic E-state index is -3.78. The van der Waals surface area contributed by atoms with E-state index in [0.717, 1.165) is 12.0 Å². The monoisotopic (exact) mass is 307 g/mol. The predicted octanol–water partition coefficient (Wildman–Crippen LogP) is 1.28. The van der Waals surface area contributed by atoms with Gasteiger partial charge in [0, 0.05) is 17.9 Å².